The summed E-state index contributed by atoms with van der Waals surface area (Å²) in [5.74, 6) is -4.08. The quantitative estimate of drug-likeness (QED) is 0.0542. The van der Waals surface area contributed by atoms with Crippen molar-refractivity contribution in [1.82, 2.24) is 4.83 Å². The predicted molar refractivity (Wildman–Crippen MR) is 205 cm³/mol. The second-order valence-corrected chi connectivity index (χ2v) is 14.4. The van der Waals surface area contributed by atoms with Crippen molar-refractivity contribution in [3.05, 3.63) is 173 Å². The summed E-state index contributed by atoms with van der Waals surface area (Å²) >= 11 is 0. The van der Waals surface area contributed by atoms with Gasteiger partial charge in [0.25, 0.3) is 10.0 Å². The monoisotopic (exact) mass is 791 g/mol. The maximum Gasteiger partial charge on any atom is 0.338 e. The van der Waals surface area contributed by atoms with Crippen LogP contribution in [0.15, 0.2) is 156 Å². The van der Waals surface area contributed by atoms with Gasteiger partial charge in [-0.2, -0.15) is 13.2 Å². The number of nitrogens with two attached hydrogens (primary N) is 1. The molecule has 15 heteroatoms. The van der Waals surface area contributed by atoms with Crippen molar-refractivity contribution >= 4 is 39.7 Å². The number of nitrogens with one attached hydrogen (secondary N) is 1. The minimum absolute atomic E-state index is 0.0803. The van der Waals surface area contributed by atoms with Crippen molar-refractivity contribution in [2.45, 2.75) is 42.3 Å². The number of hydrogen-bond donors (Lipinski definition) is 2. The Labute approximate surface area is 328 Å². The average molecular weight is 792 g/mol. The number of carbonyl (C=O) groups excluding carboxylic acids is 4. The Hall–Kier alpha value is -6.84. The third-order valence-electron chi connectivity index (χ3n) is 8.70. The molecule has 1 saturated heterocycles. The third kappa shape index (κ3) is 10.1. The highest BCUT2D eigenvalue weighted by Crippen LogP contribution is 2.31. The standard InChI is InChI=1S/C42H37N3O11S/c1-27-22-24-32(25-23-27)57(50,51)45-44-38(43)37-36(56-42(49)31-20-12-5-13-21-31)35(55-41(48)30-18-10-4-11-19-30)34(54-40(47)29-16-8-3-9-17-29)33(53-37)26-52-39(46)28-14-6-2-7-15-28/h2-25,33-37,45H,26H2,1H3,(H2,43,44)/t33?,34-,35?,36+,37-/m1/s1. The zero-order valence-corrected chi connectivity index (χ0v) is 31.2. The molecule has 3 N–H and O–H groups in total. The molecule has 0 aliphatic carbocycles. The van der Waals surface area contributed by atoms with E-state index in [0.717, 1.165) is 5.56 Å². The van der Waals surface area contributed by atoms with Gasteiger partial charge in [-0.05, 0) is 67.6 Å². The van der Waals surface area contributed by atoms with Gasteiger partial charge in [0.05, 0.1) is 27.1 Å². The molecule has 5 aromatic rings. The number of amidine groups is 1. The normalized spacial score (nSPS) is 19.4. The maximum absolute atomic E-state index is 13.8. The van der Waals surface area contributed by atoms with Gasteiger partial charge in [0.2, 0.25) is 0 Å². The molecule has 292 valence electrons. The highest BCUT2D eigenvalue weighted by Gasteiger charge is 2.54. The summed E-state index contributed by atoms with van der Waals surface area (Å²) in [7, 11) is -4.29. The van der Waals surface area contributed by atoms with Crippen LogP contribution in [0.2, 0.25) is 0 Å². The Morgan fingerprint density at radius 3 is 1.46 bits per heavy atom. The third-order valence-corrected chi connectivity index (χ3v) is 9.92. The lowest BCUT2D eigenvalue weighted by Crippen LogP contribution is -2.65. The van der Waals surface area contributed by atoms with E-state index in [0.29, 0.717) is 0 Å². The second kappa shape index (κ2) is 18.2. The van der Waals surface area contributed by atoms with Crippen LogP contribution in [0.4, 0.5) is 0 Å². The number of benzene rings is 5. The SMILES string of the molecule is Cc1ccc(S(=O)(=O)NN=C(N)[C@@H]2OC(COC(=O)c3ccccc3)[C@@H](OC(=O)c3ccccc3)C(OC(=O)c3ccccc3)[C@@H]2OC(=O)c2ccccc2)cc1. The molecule has 14 nitrogen and oxygen atoms in total. The molecule has 5 aromatic carbocycles. The van der Waals surface area contributed by atoms with E-state index < -0.39 is 76.9 Å². The summed E-state index contributed by atoms with van der Waals surface area (Å²) in [6.07, 6.45) is -8.26. The Morgan fingerprint density at radius 2 is 1.00 bits per heavy atom. The van der Waals surface area contributed by atoms with Crippen LogP contribution < -0.4 is 10.6 Å². The van der Waals surface area contributed by atoms with E-state index in [4.69, 9.17) is 29.4 Å². The first-order chi connectivity index (χ1) is 27.5. The largest absolute Gasteiger partial charge is 0.459 e. The van der Waals surface area contributed by atoms with Crippen LogP contribution in [0.5, 0.6) is 0 Å². The molecule has 0 amide bonds. The average Bonchev–Trinajstić information content (AvgIpc) is 3.24. The Balaban J connectivity index is 1.44. The van der Waals surface area contributed by atoms with Crippen molar-refractivity contribution in [2.24, 2.45) is 10.8 Å². The minimum atomic E-state index is -4.29. The molecule has 1 aliphatic heterocycles. The summed E-state index contributed by atoms with van der Waals surface area (Å²) in [6, 6.07) is 37.5. The van der Waals surface area contributed by atoms with Gasteiger partial charge in [-0.25, -0.2) is 19.2 Å². The van der Waals surface area contributed by atoms with Crippen molar-refractivity contribution < 1.29 is 51.3 Å². The second-order valence-electron chi connectivity index (χ2n) is 12.7. The smallest absolute Gasteiger partial charge is 0.338 e. The number of nitrogens with zero attached hydrogens (tertiary/aromatic N) is 1. The predicted octanol–water partition coefficient (Wildman–Crippen LogP) is 4.85. The molecular formula is C42H37N3O11S. The van der Waals surface area contributed by atoms with Gasteiger partial charge in [-0.15, -0.1) is 5.10 Å². The van der Waals surface area contributed by atoms with E-state index in [-0.39, 0.29) is 27.1 Å². The van der Waals surface area contributed by atoms with Crippen molar-refractivity contribution in [2.75, 3.05) is 6.61 Å². The van der Waals surface area contributed by atoms with Crippen LogP contribution in [0.25, 0.3) is 0 Å². The molecule has 0 spiro atoms. The summed E-state index contributed by atoms with van der Waals surface area (Å²) in [4.78, 5) is 56.3. The topological polar surface area (TPSA) is 199 Å². The maximum atomic E-state index is 13.8. The van der Waals surface area contributed by atoms with E-state index in [2.05, 4.69) is 9.93 Å². The van der Waals surface area contributed by atoms with Gasteiger partial charge in [-0.1, -0.05) is 90.5 Å². The van der Waals surface area contributed by atoms with Crippen LogP contribution in [-0.2, 0) is 33.7 Å². The number of carbonyl (C=O) groups is 4. The highest BCUT2D eigenvalue weighted by atomic mass is 32.2. The fourth-order valence-electron chi connectivity index (χ4n) is 5.75. The van der Waals surface area contributed by atoms with E-state index in [1.165, 1.54) is 60.7 Å². The lowest BCUT2D eigenvalue weighted by Gasteiger charge is -2.44. The van der Waals surface area contributed by atoms with E-state index in [9.17, 15) is 27.6 Å². The number of sulfonamides is 1. The molecule has 0 saturated carbocycles. The van der Waals surface area contributed by atoms with Gasteiger partial charge >= 0.3 is 23.9 Å². The van der Waals surface area contributed by atoms with Crippen LogP contribution in [0, 0.1) is 6.92 Å². The van der Waals surface area contributed by atoms with Crippen molar-refractivity contribution in [3.63, 3.8) is 0 Å². The summed E-state index contributed by atoms with van der Waals surface area (Å²) in [5, 5.41) is 3.92. The Kier molecular flexibility index (Phi) is 12.7. The van der Waals surface area contributed by atoms with E-state index in [1.54, 1.807) is 91.9 Å². The number of aryl methyl sites for hydroxylation is 1. The Bertz CT molecular complexity index is 2310. The van der Waals surface area contributed by atoms with Crippen molar-refractivity contribution in [3.8, 4) is 0 Å². The zero-order valence-electron chi connectivity index (χ0n) is 30.4. The molecule has 6 rings (SSSR count). The molecule has 0 radical (unpaired) electrons. The molecule has 5 atom stereocenters. The number of ether oxygens (including phenoxy) is 5. The summed E-state index contributed by atoms with van der Waals surface area (Å²) in [5.41, 5.74) is 7.74. The van der Waals surface area contributed by atoms with E-state index >= 15 is 0 Å². The lowest BCUT2D eigenvalue weighted by atomic mass is 9.93. The van der Waals surface area contributed by atoms with Gasteiger partial charge in [0, 0.05) is 0 Å². The number of esters is 4. The Morgan fingerprint density at radius 1 is 0.596 bits per heavy atom. The fraction of sp³-hybridized carbons (Fsp3) is 0.167. The van der Waals surface area contributed by atoms with Crippen LogP contribution >= 0.6 is 0 Å². The first kappa shape index (κ1) is 39.8. The molecule has 2 unspecified atom stereocenters. The van der Waals surface area contributed by atoms with Gasteiger partial charge in [0.15, 0.2) is 30.3 Å². The summed E-state index contributed by atoms with van der Waals surface area (Å²) in [6.45, 7) is 1.17. The highest BCUT2D eigenvalue weighted by molar-refractivity contribution is 7.89. The van der Waals surface area contributed by atoms with Crippen LogP contribution in [0.1, 0.15) is 47.0 Å². The summed E-state index contributed by atoms with van der Waals surface area (Å²) < 4.78 is 56.4. The van der Waals surface area contributed by atoms with Crippen LogP contribution in [-0.4, -0.2) is 75.3 Å². The number of hydrogen-bond acceptors (Lipinski definition) is 12. The zero-order chi connectivity index (χ0) is 40.4. The molecule has 1 fully saturated rings. The molecular weight excluding hydrogens is 755 g/mol. The molecule has 57 heavy (non-hydrogen) atoms. The molecule has 1 aliphatic rings. The lowest BCUT2D eigenvalue weighted by molar-refractivity contribution is -0.212. The van der Waals surface area contributed by atoms with Crippen LogP contribution in [0.3, 0.4) is 0 Å². The molecule has 0 bridgehead atoms. The van der Waals surface area contributed by atoms with Gasteiger partial charge in [0.1, 0.15) is 12.7 Å². The fourth-order valence-corrected chi connectivity index (χ4v) is 6.58. The number of hydrazone groups is 1. The number of rotatable bonds is 13. The first-order valence-electron chi connectivity index (χ1n) is 17.6. The van der Waals surface area contributed by atoms with Gasteiger partial charge in [-0.3, -0.25) is 0 Å². The molecule has 1 heterocycles. The van der Waals surface area contributed by atoms with E-state index in [1.807, 2.05) is 0 Å². The molecule has 0 aromatic heterocycles. The first-order valence-corrected chi connectivity index (χ1v) is 19.1. The van der Waals surface area contributed by atoms with Crippen molar-refractivity contribution in [1.29, 1.82) is 0 Å². The van der Waals surface area contributed by atoms with Gasteiger partial charge < -0.3 is 29.4 Å². The minimum Gasteiger partial charge on any atom is -0.459 e.